The molecule has 0 saturated carbocycles. The molecule has 0 aromatic rings. The number of carbonyl (C=O) groups is 2. The van der Waals surface area contributed by atoms with Crippen LogP contribution in [0.1, 0.15) is 41.0 Å². The minimum Gasteiger partial charge on any atom is -0.349 e. The lowest BCUT2D eigenvalue weighted by molar-refractivity contribution is -0.137. The molecule has 118 valence electrons. The summed E-state index contributed by atoms with van der Waals surface area (Å²) >= 11 is 0. The Balaban J connectivity index is 5.20. The van der Waals surface area contributed by atoms with Crippen LogP contribution in [0, 0.1) is 23.2 Å². The second-order valence-corrected chi connectivity index (χ2v) is 6.76. The predicted octanol–water partition coefficient (Wildman–Crippen LogP) is 3.23. The molecule has 3 nitrogen and oxygen atoms in total. The molecule has 0 fully saturated rings. The number of Topliss-reactive ketones (excluding diaryl/α,β-unsaturated/α-hetero) is 1. The standard InChI is InChI=1S/C15H27F2NO2/c1-9(13(16)17)11(8-12(19)15(3,4)5)10(2)14(20)18(6)7/h9-11,13H,8H2,1-7H3/t9-,10-,11-/m0/s1. The van der Waals surface area contributed by atoms with Gasteiger partial charge in [0, 0.05) is 37.8 Å². The highest BCUT2D eigenvalue weighted by atomic mass is 19.3. The fraction of sp³-hybridized carbons (Fsp3) is 0.867. The van der Waals surface area contributed by atoms with Crippen molar-refractivity contribution in [2.45, 2.75) is 47.5 Å². The molecule has 5 heteroatoms. The second kappa shape index (κ2) is 7.14. The maximum Gasteiger partial charge on any atom is 0.241 e. The molecular weight excluding hydrogens is 264 g/mol. The normalized spacial score (nSPS) is 16.7. The van der Waals surface area contributed by atoms with Crippen molar-refractivity contribution in [3.8, 4) is 0 Å². The zero-order chi connectivity index (χ0) is 16.2. The van der Waals surface area contributed by atoms with Crippen molar-refractivity contribution < 1.29 is 18.4 Å². The molecule has 0 N–H and O–H groups in total. The Hall–Kier alpha value is -1.00. The summed E-state index contributed by atoms with van der Waals surface area (Å²) in [4.78, 5) is 25.5. The van der Waals surface area contributed by atoms with Crippen molar-refractivity contribution in [3.05, 3.63) is 0 Å². The van der Waals surface area contributed by atoms with E-state index in [1.807, 2.05) is 0 Å². The van der Waals surface area contributed by atoms with Gasteiger partial charge in [-0.05, 0) is 5.92 Å². The van der Waals surface area contributed by atoms with Crippen LogP contribution < -0.4 is 0 Å². The number of amides is 1. The summed E-state index contributed by atoms with van der Waals surface area (Å²) < 4.78 is 26.0. The fourth-order valence-electron chi connectivity index (χ4n) is 2.12. The van der Waals surface area contributed by atoms with Gasteiger partial charge in [-0.15, -0.1) is 0 Å². The van der Waals surface area contributed by atoms with Gasteiger partial charge in [0.25, 0.3) is 0 Å². The number of alkyl halides is 2. The first-order chi connectivity index (χ1) is 8.89. The zero-order valence-corrected chi connectivity index (χ0v) is 13.5. The van der Waals surface area contributed by atoms with Crippen molar-refractivity contribution in [2.75, 3.05) is 14.1 Å². The minimum absolute atomic E-state index is 0.00968. The number of ketones is 1. The first kappa shape index (κ1) is 19.0. The van der Waals surface area contributed by atoms with Gasteiger partial charge in [-0.1, -0.05) is 34.6 Å². The molecule has 0 aliphatic heterocycles. The van der Waals surface area contributed by atoms with E-state index in [4.69, 9.17) is 0 Å². The van der Waals surface area contributed by atoms with Crippen molar-refractivity contribution in [1.82, 2.24) is 4.90 Å². The Bertz CT molecular complexity index is 348. The highest BCUT2D eigenvalue weighted by molar-refractivity contribution is 5.85. The third-order valence-electron chi connectivity index (χ3n) is 3.80. The lowest BCUT2D eigenvalue weighted by Gasteiger charge is -2.31. The number of carbonyl (C=O) groups excluding carboxylic acids is 2. The van der Waals surface area contributed by atoms with Crippen molar-refractivity contribution >= 4 is 11.7 Å². The Kier molecular flexibility index (Phi) is 6.78. The maximum atomic E-state index is 13.0. The van der Waals surface area contributed by atoms with E-state index in [0.29, 0.717) is 0 Å². The smallest absolute Gasteiger partial charge is 0.241 e. The van der Waals surface area contributed by atoms with Crippen LogP contribution in [0.25, 0.3) is 0 Å². The average Bonchev–Trinajstić information content (AvgIpc) is 2.31. The Morgan fingerprint density at radius 3 is 1.85 bits per heavy atom. The number of hydrogen-bond acceptors (Lipinski definition) is 2. The molecule has 0 aliphatic carbocycles. The third kappa shape index (κ3) is 5.17. The molecule has 0 aromatic carbocycles. The van der Waals surface area contributed by atoms with Gasteiger partial charge < -0.3 is 4.90 Å². The summed E-state index contributed by atoms with van der Waals surface area (Å²) in [6, 6.07) is 0. The molecule has 0 heterocycles. The summed E-state index contributed by atoms with van der Waals surface area (Å²) in [5.74, 6) is -2.53. The van der Waals surface area contributed by atoms with Crippen molar-refractivity contribution in [3.63, 3.8) is 0 Å². The van der Waals surface area contributed by atoms with E-state index in [1.54, 1.807) is 41.8 Å². The predicted molar refractivity (Wildman–Crippen MR) is 75.6 cm³/mol. The van der Waals surface area contributed by atoms with E-state index in [9.17, 15) is 18.4 Å². The highest BCUT2D eigenvalue weighted by Crippen LogP contribution is 2.33. The lowest BCUT2D eigenvalue weighted by atomic mass is 9.75. The molecule has 0 radical (unpaired) electrons. The first-order valence-corrected chi connectivity index (χ1v) is 6.92. The van der Waals surface area contributed by atoms with Crippen molar-refractivity contribution in [2.24, 2.45) is 23.2 Å². The van der Waals surface area contributed by atoms with E-state index in [0.717, 1.165) is 0 Å². The molecule has 0 aliphatic rings. The maximum absolute atomic E-state index is 13.0. The molecule has 1 amide bonds. The Labute approximate surface area is 120 Å². The highest BCUT2D eigenvalue weighted by Gasteiger charge is 2.37. The number of nitrogens with zero attached hydrogens (tertiary/aromatic N) is 1. The molecule has 0 spiro atoms. The van der Waals surface area contributed by atoms with Gasteiger partial charge in [0.1, 0.15) is 5.78 Å². The van der Waals surface area contributed by atoms with E-state index in [1.165, 1.54) is 11.8 Å². The first-order valence-electron chi connectivity index (χ1n) is 6.92. The number of halogens is 2. The molecule has 0 aromatic heterocycles. The topological polar surface area (TPSA) is 37.4 Å². The van der Waals surface area contributed by atoms with Gasteiger partial charge in [0.15, 0.2) is 0 Å². The molecular formula is C15H27F2NO2. The van der Waals surface area contributed by atoms with Crippen LogP contribution in [0.2, 0.25) is 0 Å². The summed E-state index contributed by atoms with van der Waals surface area (Å²) in [6.45, 7) is 8.32. The van der Waals surface area contributed by atoms with Gasteiger partial charge >= 0.3 is 0 Å². The summed E-state index contributed by atoms with van der Waals surface area (Å²) in [5.41, 5.74) is -0.582. The van der Waals surface area contributed by atoms with Crippen LogP contribution in [0.3, 0.4) is 0 Å². The van der Waals surface area contributed by atoms with Crippen molar-refractivity contribution in [1.29, 1.82) is 0 Å². The lowest BCUT2D eigenvalue weighted by Crippen LogP contribution is -2.39. The summed E-state index contributed by atoms with van der Waals surface area (Å²) in [6.07, 6.45) is -2.53. The van der Waals surface area contributed by atoms with Crippen LogP contribution >= 0.6 is 0 Å². The SMILES string of the molecule is C[C@H](C(=O)N(C)C)[C@@H](CC(=O)C(C)(C)C)[C@H](C)C(F)F. The van der Waals surface area contributed by atoms with E-state index in [-0.39, 0.29) is 18.1 Å². The second-order valence-electron chi connectivity index (χ2n) is 6.76. The fourth-order valence-corrected chi connectivity index (χ4v) is 2.12. The van der Waals surface area contributed by atoms with Crippen LogP contribution in [0.5, 0.6) is 0 Å². The Morgan fingerprint density at radius 2 is 1.55 bits per heavy atom. The van der Waals surface area contributed by atoms with Gasteiger partial charge in [-0.2, -0.15) is 0 Å². The summed E-state index contributed by atoms with van der Waals surface area (Å²) in [5, 5.41) is 0. The van der Waals surface area contributed by atoms with E-state index in [2.05, 4.69) is 0 Å². The number of hydrogen-bond donors (Lipinski definition) is 0. The molecule has 0 bridgehead atoms. The van der Waals surface area contributed by atoms with E-state index < -0.39 is 29.6 Å². The largest absolute Gasteiger partial charge is 0.349 e. The third-order valence-corrected chi connectivity index (χ3v) is 3.80. The minimum atomic E-state index is -2.54. The van der Waals surface area contributed by atoms with Crippen LogP contribution in [-0.2, 0) is 9.59 Å². The molecule has 3 atom stereocenters. The van der Waals surface area contributed by atoms with E-state index >= 15 is 0 Å². The van der Waals surface area contributed by atoms with Gasteiger partial charge in [0.2, 0.25) is 12.3 Å². The molecule has 0 saturated heterocycles. The number of rotatable bonds is 6. The van der Waals surface area contributed by atoms with Gasteiger partial charge in [-0.25, -0.2) is 8.78 Å². The van der Waals surface area contributed by atoms with Crippen LogP contribution in [-0.4, -0.2) is 37.1 Å². The summed E-state index contributed by atoms with van der Waals surface area (Å²) in [7, 11) is 3.18. The average molecular weight is 291 g/mol. The van der Waals surface area contributed by atoms with Gasteiger partial charge in [0.05, 0.1) is 0 Å². The van der Waals surface area contributed by atoms with Crippen LogP contribution in [0.15, 0.2) is 0 Å². The van der Waals surface area contributed by atoms with Gasteiger partial charge in [-0.3, -0.25) is 9.59 Å². The molecule has 0 rings (SSSR count). The van der Waals surface area contributed by atoms with Crippen LogP contribution in [0.4, 0.5) is 8.78 Å². The monoisotopic (exact) mass is 291 g/mol. The zero-order valence-electron chi connectivity index (χ0n) is 13.5. The molecule has 0 unspecified atom stereocenters. The Morgan fingerprint density at radius 1 is 1.10 bits per heavy atom. The quantitative estimate of drug-likeness (QED) is 0.753. The molecule has 20 heavy (non-hydrogen) atoms.